The molecule has 0 aromatic carbocycles. The van der Waals surface area contributed by atoms with Gasteiger partial charge in [0.1, 0.15) is 11.7 Å². The van der Waals surface area contributed by atoms with Crippen LogP contribution in [-0.2, 0) is 5.79 Å². The Balaban J connectivity index is 2.47. The molecule has 6 heteroatoms. The third-order valence-electron chi connectivity index (χ3n) is 2.19. The maximum atomic E-state index is 5.72. The largest absolute Gasteiger partial charge is 0.385 e. The number of terminal acetylenes is 1. The Morgan fingerprint density at radius 3 is 2.94 bits per heavy atom. The predicted octanol–water partition coefficient (Wildman–Crippen LogP) is -0.723. The van der Waals surface area contributed by atoms with Gasteiger partial charge in [-0.25, -0.2) is 9.67 Å². The minimum Gasteiger partial charge on any atom is -0.385 e. The molecule has 1 unspecified atom stereocenters. The van der Waals surface area contributed by atoms with Gasteiger partial charge in [0.15, 0.2) is 0 Å². The molecule has 2 heterocycles. The van der Waals surface area contributed by atoms with Crippen molar-refractivity contribution in [2.75, 3.05) is 0 Å². The van der Waals surface area contributed by atoms with Crippen molar-refractivity contribution in [2.24, 2.45) is 16.5 Å². The van der Waals surface area contributed by atoms with Crippen LogP contribution < -0.4 is 16.8 Å². The van der Waals surface area contributed by atoms with E-state index in [4.69, 9.17) is 17.9 Å². The number of nitrogens with two attached hydrogens (primary N) is 2. The van der Waals surface area contributed by atoms with E-state index in [1.807, 2.05) is 0 Å². The standard InChI is InChI=1S/C10H12N6/c1-2-4-10(16-6-3-5-13-16)14-8(11)7-9(12)15-10/h1,3,5-7,14H,4,11H2,(H2,12,15). The van der Waals surface area contributed by atoms with Gasteiger partial charge in [-0.3, -0.25) is 0 Å². The number of rotatable bonds is 2. The van der Waals surface area contributed by atoms with Gasteiger partial charge in [-0.2, -0.15) is 5.10 Å². The Labute approximate surface area is 93.0 Å². The van der Waals surface area contributed by atoms with Crippen LogP contribution in [0.15, 0.2) is 35.3 Å². The van der Waals surface area contributed by atoms with E-state index >= 15 is 0 Å². The van der Waals surface area contributed by atoms with E-state index in [2.05, 4.69) is 21.3 Å². The fourth-order valence-corrected chi connectivity index (χ4v) is 1.60. The average Bonchev–Trinajstić information content (AvgIpc) is 2.69. The summed E-state index contributed by atoms with van der Waals surface area (Å²) in [6.07, 6.45) is 10.6. The first-order chi connectivity index (χ1) is 7.66. The number of hydrogen-bond acceptors (Lipinski definition) is 5. The molecule has 1 aromatic rings. The summed E-state index contributed by atoms with van der Waals surface area (Å²) in [5.41, 5.74) is 11.4. The maximum absolute atomic E-state index is 5.72. The molecule has 2 rings (SSSR count). The van der Waals surface area contributed by atoms with Crippen LogP contribution in [0, 0.1) is 12.3 Å². The topological polar surface area (TPSA) is 94.2 Å². The quantitative estimate of drug-likeness (QED) is 0.568. The summed E-state index contributed by atoms with van der Waals surface area (Å²) in [6.45, 7) is 0. The van der Waals surface area contributed by atoms with Crippen LogP contribution in [0.1, 0.15) is 6.42 Å². The number of amidine groups is 1. The zero-order valence-electron chi connectivity index (χ0n) is 8.59. The van der Waals surface area contributed by atoms with E-state index in [0.29, 0.717) is 18.1 Å². The monoisotopic (exact) mass is 216 g/mol. The summed E-state index contributed by atoms with van der Waals surface area (Å²) in [7, 11) is 0. The highest BCUT2D eigenvalue weighted by Gasteiger charge is 2.33. The van der Waals surface area contributed by atoms with Crippen LogP contribution in [0.25, 0.3) is 0 Å². The molecule has 16 heavy (non-hydrogen) atoms. The van der Waals surface area contributed by atoms with E-state index < -0.39 is 5.79 Å². The number of nitrogens with one attached hydrogen (secondary N) is 1. The summed E-state index contributed by atoms with van der Waals surface area (Å²) in [5.74, 6) is 2.36. The second-order valence-electron chi connectivity index (χ2n) is 3.41. The third-order valence-corrected chi connectivity index (χ3v) is 2.19. The smallest absolute Gasteiger partial charge is 0.240 e. The lowest BCUT2D eigenvalue weighted by Crippen LogP contribution is -2.51. The third kappa shape index (κ3) is 1.59. The van der Waals surface area contributed by atoms with Gasteiger partial charge < -0.3 is 16.8 Å². The molecular formula is C10H12N6. The summed E-state index contributed by atoms with van der Waals surface area (Å²) in [5, 5.41) is 7.11. The van der Waals surface area contributed by atoms with Crippen molar-refractivity contribution in [3.63, 3.8) is 0 Å². The maximum Gasteiger partial charge on any atom is 0.240 e. The lowest BCUT2D eigenvalue weighted by Gasteiger charge is -2.33. The highest BCUT2D eigenvalue weighted by molar-refractivity contribution is 5.92. The minimum atomic E-state index is -0.916. The second kappa shape index (κ2) is 3.62. The number of hydrogen-bond donors (Lipinski definition) is 3. The lowest BCUT2D eigenvalue weighted by atomic mass is 10.2. The molecule has 0 radical (unpaired) electrons. The van der Waals surface area contributed by atoms with E-state index in [-0.39, 0.29) is 0 Å². The molecular weight excluding hydrogens is 204 g/mol. The summed E-state index contributed by atoms with van der Waals surface area (Å²) < 4.78 is 1.60. The molecule has 1 atom stereocenters. The number of aliphatic imine (C=N–C) groups is 1. The minimum absolute atomic E-state index is 0.296. The van der Waals surface area contributed by atoms with Crippen molar-refractivity contribution in [1.82, 2.24) is 15.1 Å². The van der Waals surface area contributed by atoms with Crippen LogP contribution in [0.4, 0.5) is 0 Å². The first-order valence-electron chi connectivity index (χ1n) is 4.70. The SMILES string of the molecule is C#CCC1(n2cccn2)N=C(N)C=C(N)N1. The van der Waals surface area contributed by atoms with Crippen molar-refractivity contribution >= 4 is 5.84 Å². The van der Waals surface area contributed by atoms with Gasteiger partial charge in [0.25, 0.3) is 0 Å². The Hall–Kier alpha value is -2.42. The normalized spacial score (nSPS) is 23.9. The van der Waals surface area contributed by atoms with Crippen LogP contribution in [0.3, 0.4) is 0 Å². The van der Waals surface area contributed by atoms with Gasteiger partial charge in [-0.1, -0.05) is 0 Å². The Morgan fingerprint density at radius 1 is 1.56 bits per heavy atom. The molecule has 5 N–H and O–H groups in total. The predicted molar refractivity (Wildman–Crippen MR) is 60.7 cm³/mol. The fraction of sp³-hybridized carbons (Fsp3) is 0.200. The van der Waals surface area contributed by atoms with Gasteiger partial charge in [0.05, 0.1) is 6.42 Å². The zero-order valence-corrected chi connectivity index (χ0v) is 8.59. The van der Waals surface area contributed by atoms with Crippen LogP contribution in [-0.4, -0.2) is 15.6 Å². The van der Waals surface area contributed by atoms with Crippen molar-refractivity contribution < 1.29 is 0 Å². The highest BCUT2D eigenvalue weighted by Crippen LogP contribution is 2.21. The summed E-state index contributed by atoms with van der Waals surface area (Å²) in [4.78, 5) is 4.28. The Morgan fingerprint density at radius 2 is 2.38 bits per heavy atom. The van der Waals surface area contributed by atoms with Crippen molar-refractivity contribution in [2.45, 2.75) is 12.2 Å². The average molecular weight is 216 g/mol. The van der Waals surface area contributed by atoms with E-state index in [0.717, 1.165) is 0 Å². The van der Waals surface area contributed by atoms with Gasteiger partial charge in [-0.15, -0.1) is 12.3 Å². The van der Waals surface area contributed by atoms with Crippen molar-refractivity contribution in [3.8, 4) is 12.3 Å². The van der Waals surface area contributed by atoms with Crippen molar-refractivity contribution in [1.29, 1.82) is 0 Å². The summed E-state index contributed by atoms with van der Waals surface area (Å²) in [6, 6.07) is 1.78. The van der Waals surface area contributed by atoms with Crippen LogP contribution >= 0.6 is 0 Å². The molecule has 0 spiro atoms. The molecule has 0 saturated carbocycles. The summed E-state index contributed by atoms with van der Waals surface area (Å²) >= 11 is 0. The van der Waals surface area contributed by atoms with Gasteiger partial charge in [-0.05, 0) is 6.07 Å². The zero-order chi connectivity index (χ0) is 11.6. The van der Waals surface area contributed by atoms with Gasteiger partial charge in [0.2, 0.25) is 5.79 Å². The number of aromatic nitrogens is 2. The molecule has 0 amide bonds. The molecule has 0 aliphatic carbocycles. The van der Waals surface area contributed by atoms with Crippen molar-refractivity contribution in [3.05, 3.63) is 30.4 Å². The highest BCUT2D eigenvalue weighted by atomic mass is 15.5. The Bertz CT molecular complexity index is 478. The van der Waals surface area contributed by atoms with Gasteiger partial charge in [0, 0.05) is 18.5 Å². The molecule has 82 valence electrons. The Kier molecular flexibility index (Phi) is 2.29. The van der Waals surface area contributed by atoms with Crippen LogP contribution in [0.5, 0.6) is 0 Å². The molecule has 6 nitrogen and oxygen atoms in total. The molecule has 1 aliphatic heterocycles. The first kappa shape index (κ1) is 10.1. The van der Waals surface area contributed by atoms with Crippen LogP contribution in [0.2, 0.25) is 0 Å². The lowest BCUT2D eigenvalue weighted by molar-refractivity contribution is 0.226. The molecule has 0 saturated heterocycles. The molecule has 0 fully saturated rings. The number of nitrogens with zero attached hydrogens (tertiary/aromatic N) is 3. The second-order valence-corrected chi connectivity index (χ2v) is 3.41. The van der Waals surface area contributed by atoms with E-state index in [9.17, 15) is 0 Å². The van der Waals surface area contributed by atoms with Gasteiger partial charge >= 0.3 is 0 Å². The molecule has 1 aromatic heterocycles. The molecule has 1 aliphatic rings. The van der Waals surface area contributed by atoms with E-state index in [1.54, 1.807) is 23.1 Å². The fourth-order valence-electron chi connectivity index (χ4n) is 1.60. The molecule has 0 bridgehead atoms. The first-order valence-corrected chi connectivity index (χ1v) is 4.70. The van der Waals surface area contributed by atoms with E-state index in [1.165, 1.54) is 6.08 Å².